The van der Waals surface area contributed by atoms with Crippen LogP contribution in [0.25, 0.3) is 10.2 Å². The van der Waals surface area contributed by atoms with Crippen molar-refractivity contribution in [1.29, 1.82) is 0 Å². The van der Waals surface area contributed by atoms with Crippen LogP contribution in [0.15, 0.2) is 30.5 Å². The third-order valence-electron chi connectivity index (χ3n) is 4.79. The number of ether oxygens (including phenoxy) is 1. The lowest BCUT2D eigenvalue weighted by Crippen LogP contribution is -2.43. The highest BCUT2D eigenvalue weighted by molar-refractivity contribution is 7.22. The maximum Gasteiger partial charge on any atom is 0.278 e. The molecule has 8 heteroatoms. The van der Waals surface area contributed by atoms with E-state index in [4.69, 9.17) is 9.72 Å². The molecule has 3 heterocycles. The minimum Gasteiger partial charge on any atom is -0.379 e. The summed E-state index contributed by atoms with van der Waals surface area (Å²) in [4.78, 5) is 22.1. The van der Waals surface area contributed by atoms with Gasteiger partial charge in [-0.15, -0.1) is 0 Å². The van der Waals surface area contributed by atoms with E-state index in [-0.39, 0.29) is 5.91 Å². The Labute approximate surface area is 162 Å². The molecule has 1 amide bonds. The van der Waals surface area contributed by atoms with Crippen molar-refractivity contribution in [1.82, 2.24) is 19.7 Å². The zero-order valence-corrected chi connectivity index (χ0v) is 16.4. The molecule has 0 unspecified atom stereocenters. The summed E-state index contributed by atoms with van der Waals surface area (Å²) < 4.78 is 8.13. The quantitative estimate of drug-likeness (QED) is 0.674. The number of carbonyl (C=O) groups is 1. The fraction of sp³-hybridized carbons (Fsp3) is 0.421. The second-order valence-corrected chi connectivity index (χ2v) is 7.73. The van der Waals surface area contributed by atoms with Crippen LogP contribution in [0.5, 0.6) is 0 Å². The molecule has 27 heavy (non-hydrogen) atoms. The largest absolute Gasteiger partial charge is 0.379 e. The Bertz CT molecular complexity index is 945. The van der Waals surface area contributed by atoms with Crippen LogP contribution in [0.4, 0.5) is 5.13 Å². The summed E-state index contributed by atoms with van der Waals surface area (Å²) in [6.07, 6.45) is 1.65. The molecule has 2 aromatic heterocycles. The average Bonchev–Trinajstić information content (AvgIpc) is 3.28. The van der Waals surface area contributed by atoms with Crippen LogP contribution >= 0.6 is 11.3 Å². The molecule has 0 bridgehead atoms. The van der Waals surface area contributed by atoms with Crippen molar-refractivity contribution in [3.8, 4) is 0 Å². The van der Waals surface area contributed by atoms with Crippen molar-refractivity contribution in [3.05, 3.63) is 41.7 Å². The van der Waals surface area contributed by atoms with Crippen molar-refractivity contribution in [2.75, 3.05) is 44.3 Å². The third kappa shape index (κ3) is 3.87. The first kappa shape index (κ1) is 18.1. The van der Waals surface area contributed by atoms with E-state index in [1.165, 1.54) is 5.56 Å². The number of rotatable bonds is 5. The molecule has 1 aliphatic heterocycles. The molecule has 0 saturated carbocycles. The van der Waals surface area contributed by atoms with E-state index >= 15 is 0 Å². The highest BCUT2D eigenvalue weighted by Crippen LogP contribution is 2.30. The first-order valence-electron chi connectivity index (χ1n) is 9.09. The van der Waals surface area contributed by atoms with Crippen molar-refractivity contribution >= 4 is 32.6 Å². The van der Waals surface area contributed by atoms with Gasteiger partial charge in [-0.3, -0.25) is 19.3 Å². The van der Waals surface area contributed by atoms with Gasteiger partial charge in [0, 0.05) is 39.4 Å². The smallest absolute Gasteiger partial charge is 0.278 e. The lowest BCUT2D eigenvalue weighted by Gasteiger charge is -2.29. The van der Waals surface area contributed by atoms with E-state index in [0.29, 0.717) is 12.2 Å². The number of benzene rings is 1. The van der Waals surface area contributed by atoms with Crippen molar-refractivity contribution in [2.24, 2.45) is 7.05 Å². The van der Waals surface area contributed by atoms with Crippen LogP contribution in [-0.4, -0.2) is 65.0 Å². The van der Waals surface area contributed by atoms with Crippen LogP contribution < -0.4 is 4.90 Å². The molecule has 7 nitrogen and oxygen atoms in total. The molecule has 1 aromatic carbocycles. The minimum atomic E-state index is -0.0703. The van der Waals surface area contributed by atoms with Gasteiger partial charge >= 0.3 is 0 Å². The normalized spacial score (nSPS) is 15.3. The topological polar surface area (TPSA) is 63.5 Å². The Kier molecular flexibility index (Phi) is 5.20. The van der Waals surface area contributed by atoms with E-state index in [1.54, 1.807) is 40.2 Å². The molecule has 3 aromatic rings. The zero-order valence-electron chi connectivity index (χ0n) is 15.6. The monoisotopic (exact) mass is 385 g/mol. The number of aromatic nitrogens is 3. The molecule has 1 aliphatic rings. The molecule has 1 fully saturated rings. The predicted molar refractivity (Wildman–Crippen MR) is 107 cm³/mol. The first-order chi connectivity index (χ1) is 13.1. The van der Waals surface area contributed by atoms with Gasteiger partial charge in [0.05, 0.1) is 23.4 Å². The van der Waals surface area contributed by atoms with Gasteiger partial charge in [-0.05, 0) is 30.7 Å². The summed E-state index contributed by atoms with van der Waals surface area (Å²) in [7, 11) is 1.79. The Balaban J connectivity index is 1.63. The van der Waals surface area contributed by atoms with Crippen LogP contribution in [0.3, 0.4) is 0 Å². The number of nitrogens with zero attached hydrogens (tertiary/aromatic N) is 5. The van der Waals surface area contributed by atoms with Gasteiger partial charge in [-0.25, -0.2) is 4.98 Å². The van der Waals surface area contributed by atoms with Crippen LogP contribution in [0, 0.1) is 6.92 Å². The molecule has 0 aliphatic carbocycles. The number of hydrogen-bond acceptors (Lipinski definition) is 6. The Hall–Kier alpha value is -2.29. The van der Waals surface area contributed by atoms with Crippen LogP contribution in [0.1, 0.15) is 16.1 Å². The van der Waals surface area contributed by atoms with Crippen molar-refractivity contribution in [3.63, 3.8) is 0 Å². The number of amides is 1. The predicted octanol–water partition coefficient (Wildman–Crippen LogP) is 2.32. The van der Waals surface area contributed by atoms with Gasteiger partial charge in [0.2, 0.25) is 0 Å². The van der Waals surface area contributed by atoms with Crippen LogP contribution in [0.2, 0.25) is 0 Å². The summed E-state index contributed by atoms with van der Waals surface area (Å²) >= 11 is 1.56. The summed E-state index contributed by atoms with van der Waals surface area (Å²) in [6, 6.07) is 7.93. The highest BCUT2D eigenvalue weighted by atomic mass is 32.1. The van der Waals surface area contributed by atoms with Gasteiger partial charge in [-0.2, -0.15) is 5.10 Å². The number of anilines is 1. The number of morpholine rings is 1. The second kappa shape index (κ2) is 7.75. The highest BCUT2D eigenvalue weighted by Gasteiger charge is 2.24. The Morgan fingerprint density at radius 1 is 1.30 bits per heavy atom. The van der Waals surface area contributed by atoms with E-state index in [0.717, 1.165) is 48.2 Å². The molecular formula is C19H23N5O2S. The number of thiazole rings is 1. The van der Waals surface area contributed by atoms with Gasteiger partial charge < -0.3 is 4.74 Å². The van der Waals surface area contributed by atoms with Crippen molar-refractivity contribution in [2.45, 2.75) is 6.92 Å². The Morgan fingerprint density at radius 3 is 2.85 bits per heavy atom. The number of hydrogen-bond donors (Lipinski definition) is 0. The molecule has 0 radical (unpaired) electrons. The Morgan fingerprint density at radius 2 is 2.11 bits per heavy atom. The first-order valence-corrected chi connectivity index (χ1v) is 9.90. The summed E-state index contributed by atoms with van der Waals surface area (Å²) in [6.45, 7) is 6.73. The zero-order chi connectivity index (χ0) is 18.8. The molecule has 0 spiro atoms. The molecule has 0 atom stereocenters. The van der Waals surface area contributed by atoms with E-state index in [9.17, 15) is 4.79 Å². The van der Waals surface area contributed by atoms with Gasteiger partial charge in [0.15, 0.2) is 5.13 Å². The maximum atomic E-state index is 13.2. The molecular weight excluding hydrogens is 362 g/mol. The molecule has 4 rings (SSSR count). The average molecular weight is 385 g/mol. The molecule has 1 saturated heterocycles. The second-order valence-electron chi connectivity index (χ2n) is 6.72. The number of aryl methyl sites for hydroxylation is 2. The van der Waals surface area contributed by atoms with E-state index < -0.39 is 0 Å². The molecule has 0 N–H and O–H groups in total. The van der Waals surface area contributed by atoms with Gasteiger partial charge in [0.1, 0.15) is 5.69 Å². The summed E-state index contributed by atoms with van der Waals surface area (Å²) in [5.74, 6) is -0.0703. The standard InChI is InChI=1S/C19H23N5O2S/c1-14-3-4-15-17(13-14)27-19(21-15)24(8-7-23-9-11-26-12-10-23)18(25)16-5-6-20-22(16)2/h3-6,13H,7-12H2,1-2H3. The van der Waals surface area contributed by atoms with Gasteiger partial charge in [-0.1, -0.05) is 17.4 Å². The fourth-order valence-corrected chi connectivity index (χ4v) is 4.30. The van der Waals surface area contributed by atoms with E-state index in [2.05, 4.69) is 23.0 Å². The van der Waals surface area contributed by atoms with Crippen molar-refractivity contribution < 1.29 is 9.53 Å². The maximum absolute atomic E-state index is 13.2. The van der Waals surface area contributed by atoms with Gasteiger partial charge in [0.25, 0.3) is 5.91 Å². The molecule has 142 valence electrons. The minimum absolute atomic E-state index is 0.0703. The number of carbonyl (C=O) groups excluding carboxylic acids is 1. The van der Waals surface area contributed by atoms with Crippen LogP contribution in [-0.2, 0) is 11.8 Å². The number of fused-ring (bicyclic) bond motifs is 1. The summed E-state index contributed by atoms with van der Waals surface area (Å²) in [5.41, 5.74) is 2.68. The third-order valence-corrected chi connectivity index (χ3v) is 5.83. The lowest BCUT2D eigenvalue weighted by atomic mass is 10.2. The summed E-state index contributed by atoms with van der Waals surface area (Å²) in [5, 5.41) is 4.87. The lowest BCUT2D eigenvalue weighted by molar-refractivity contribution is 0.0391. The fourth-order valence-electron chi connectivity index (χ4n) is 3.21. The SMILES string of the molecule is Cc1ccc2nc(N(CCN3CCOCC3)C(=O)c3ccnn3C)sc2c1. The van der Waals surface area contributed by atoms with E-state index in [1.807, 2.05) is 12.1 Å².